The van der Waals surface area contributed by atoms with Crippen LogP contribution in [0.2, 0.25) is 0 Å². The van der Waals surface area contributed by atoms with Crippen molar-refractivity contribution in [1.29, 1.82) is 0 Å². The molecule has 168 valence electrons. The second-order valence-corrected chi connectivity index (χ2v) is 9.11. The van der Waals surface area contributed by atoms with Gasteiger partial charge in [0, 0.05) is 18.3 Å². The largest absolute Gasteiger partial charge is 0.326 e. The third-order valence-corrected chi connectivity index (χ3v) is 6.17. The molecule has 0 bridgehead atoms. The Morgan fingerprint density at radius 1 is 1.00 bits per heavy atom. The summed E-state index contributed by atoms with van der Waals surface area (Å²) in [6.07, 6.45) is 0. The summed E-state index contributed by atoms with van der Waals surface area (Å²) < 4.78 is 29.4. The molecule has 2 aromatic carbocycles. The van der Waals surface area contributed by atoms with Crippen molar-refractivity contribution in [3.8, 4) is 5.69 Å². The van der Waals surface area contributed by atoms with Crippen molar-refractivity contribution in [2.45, 2.75) is 38.6 Å². The standard InChI is InChI=1S/C22H25N5O4S/c1-14-13-15(2)27(25-14)21-8-6-5-7-20(21)24-22(29)16(3)26-32(30,31)19-11-9-18(10-12-19)23-17(4)28/h5-13,16,26H,1-4H3,(H,23,28)(H,24,29)/t16-/m0/s1. The van der Waals surface area contributed by atoms with Crippen LogP contribution in [-0.4, -0.2) is 36.1 Å². The number of hydrogen-bond acceptors (Lipinski definition) is 5. The minimum atomic E-state index is -3.95. The van der Waals surface area contributed by atoms with Crippen molar-refractivity contribution in [2.75, 3.05) is 10.6 Å². The van der Waals surface area contributed by atoms with Gasteiger partial charge in [-0.1, -0.05) is 12.1 Å². The third kappa shape index (κ3) is 5.40. The maximum Gasteiger partial charge on any atom is 0.242 e. The van der Waals surface area contributed by atoms with E-state index in [-0.39, 0.29) is 10.8 Å². The van der Waals surface area contributed by atoms with Crippen molar-refractivity contribution in [3.05, 3.63) is 66.0 Å². The SMILES string of the molecule is CC(=O)Nc1ccc(S(=O)(=O)N[C@@H](C)C(=O)Nc2ccccc2-n2nc(C)cc2C)cc1. The molecule has 32 heavy (non-hydrogen) atoms. The molecule has 3 aromatic rings. The van der Waals surface area contributed by atoms with Crippen LogP contribution in [0.1, 0.15) is 25.2 Å². The van der Waals surface area contributed by atoms with Crippen molar-refractivity contribution in [1.82, 2.24) is 14.5 Å². The molecule has 0 saturated carbocycles. The lowest BCUT2D eigenvalue weighted by molar-refractivity contribution is -0.117. The summed E-state index contributed by atoms with van der Waals surface area (Å²) in [4.78, 5) is 23.8. The second-order valence-electron chi connectivity index (χ2n) is 7.39. The number of rotatable bonds is 7. The van der Waals surface area contributed by atoms with E-state index in [1.165, 1.54) is 38.1 Å². The molecule has 3 rings (SSSR count). The molecule has 0 unspecified atom stereocenters. The molecular weight excluding hydrogens is 430 g/mol. The number of para-hydroxylation sites is 2. The zero-order valence-electron chi connectivity index (χ0n) is 18.2. The molecule has 0 fully saturated rings. The molecule has 0 radical (unpaired) electrons. The molecule has 9 nitrogen and oxygen atoms in total. The lowest BCUT2D eigenvalue weighted by Gasteiger charge is -2.17. The molecule has 3 N–H and O–H groups in total. The van der Waals surface area contributed by atoms with Gasteiger partial charge in [0.2, 0.25) is 21.8 Å². The minimum Gasteiger partial charge on any atom is -0.326 e. The van der Waals surface area contributed by atoms with Crippen LogP contribution in [0.4, 0.5) is 11.4 Å². The van der Waals surface area contributed by atoms with Gasteiger partial charge in [0.05, 0.1) is 28.0 Å². The van der Waals surface area contributed by atoms with Crippen molar-refractivity contribution in [2.24, 2.45) is 0 Å². The summed E-state index contributed by atoms with van der Waals surface area (Å²) >= 11 is 0. The number of anilines is 2. The van der Waals surface area contributed by atoms with Crippen LogP contribution in [0.5, 0.6) is 0 Å². The predicted octanol–water partition coefficient (Wildman–Crippen LogP) is 2.75. The van der Waals surface area contributed by atoms with E-state index in [2.05, 4.69) is 20.5 Å². The zero-order valence-corrected chi connectivity index (χ0v) is 19.0. The molecule has 1 aromatic heterocycles. The van der Waals surface area contributed by atoms with Crippen LogP contribution in [0, 0.1) is 13.8 Å². The monoisotopic (exact) mass is 455 g/mol. The number of amides is 2. The Morgan fingerprint density at radius 2 is 1.66 bits per heavy atom. The van der Waals surface area contributed by atoms with Gasteiger partial charge in [-0.05, 0) is 63.2 Å². The molecular formula is C22H25N5O4S. The predicted molar refractivity (Wildman–Crippen MR) is 122 cm³/mol. The number of aromatic nitrogens is 2. The number of hydrogen-bond donors (Lipinski definition) is 3. The highest BCUT2D eigenvalue weighted by atomic mass is 32.2. The molecule has 0 aliphatic heterocycles. The van der Waals surface area contributed by atoms with Crippen LogP contribution in [0.3, 0.4) is 0 Å². The first kappa shape index (κ1) is 23.2. The molecule has 10 heteroatoms. The molecule has 2 amide bonds. The number of benzene rings is 2. The molecule has 0 aliphatic carbocycles. The highest BCUT2D eigenvalue weighted by Gasteiger charge is 2.23. The lowest BCUT2D eigenvalue weighted by atomic mass is 10.2. The molecule has 1 heterocycles. The Labute approximate surface area is 186 Å². The van der Waals surface area contributed by atoms with Crippen LogP contribution in [-0.2, 0) is 19.6 Å². The van der Waals surface area contributed by atoms with E-state index in [4.69, 9.17) is 0 Å². The van der Waals surface area contributed by atoms with Gasteiger partial charge in [0.15, 0.2) is 0 Å². The first-order valence-electron chi connectivity index (χ1n) is 9.90. The highest BCUT2D eigenvalue weighted by Crippen LogP contribution is 2.22. The molecule has 0 saturated heterocycles. The maximum absolute atomic E-state index is 12.8. The van der Waals surface area contributed by atoms with Gasteiger partial charge in [0.1, 0.15) is 0 Å². The van der Waals surface area contributed by atoms with Crippen LogP contribution >= 0.6 is 0 Å². The Hall–Kier alpha value is -3.50. The van der Waals surface area contributed by atoms with Crippen molar-refractivity contribution in [3.63, 3.8) is 0 Å². The van der Waals surface area contributed by atoms with Crippen LogP contribution in [0.15, 0.2) is 59.5 Å². The fourth-order valence-corrected chi connectivity index (χ4v) is 4.36. The Balaban J connectivity index is 1.74. The van der Waals surface area contributed by atoms with Gasteiger partial charge in [-0.2, -0.15) is 9.82 Å². The van der Waals surface area contributed by atoms with E-state index >= 15 is 0 Å². The summed E-state index contributed by atoms with van der Waals surface area (Å²) in [5.74, 6) is -0.776. The summed E-state index contributed by atoms with van der Waals surface area (Å²) in [6, 6.07) is 13.7. The number of nitrogens with one attached hydrogen (secondary N) is 3. The molecule has 0 aliphatic rings. The van der Waals surface area contributed by atoms with Crippen molar-refractivity contribution >= 4 is 33.2 Å². The molecule has 1 atom stereocenters. The summed E-state index contributed by atoms with van der Waals surface area (Å²) in [6.45, 7) is 6.61. The maximum atomic E-state index is 12.8. The van der Waals surface area contributed by atoms with E-state index in [1.54, 1.807) is 16.8 Å². The summed E-state index contributed by atoms with van der Waals surface area (Å²) in [5, 5.41) is 9.79. The van der Waals surface area contributed by atoms with Crippen molar-refractivity contribution < 1.29 is 18.0 Å². The van der Waals surface area contributed by atoms with E-state index in [1.807, 2.05) is 32.0 Å². The first-order valence-corrected chi connectivity index (χ1v) is 11.4. The van der Waals surface area contributed by atoms with E-state index < -0.39 is 22.0 Å². The van der Waals surface area contributed by atoms with E-state index in [0.717, 1.165) is 11.4 Å². The first-order chi connectivity index (χ1) is 15.1. The normalized spacial score (nSPS) is 12.2. The van der Waals surface area contributed by atoms with Gasteiger partial charge in [0.25, 0.3) is 0 Å². The summed E-state index contributed by atoms with van der Waals surface area (Å²) in [5.41, 5.74) is 3.41. The summed E-state index contributed by atoms with van der Waals surface area (Å²) in [7, 11) is -3.95. The Bertz CT molecular complexity index is 1250. The Kier molecular flexibility index (Phi) is 6.75. The zero-order chi connectivity index (χ0) is 23.5. The lowest BCUT2D eigenvalue weighted by Crippen LogP contribution is -2.41. The number of sulfonamides is 1. The quantitative estimate of drug-likeness (QED) is 0.506. The average molecular weight is 456 g/mol. The van der Waals surface area contributed by atoms with Gasteiger partial charge >= 0.3 is 0 Å². The van der Waals surface area contributed by atoms with Crippen LogP contribution < -0.4 is 15.4 Å². The third-order valence-electron chi connectivity index (χ3n) is 4.61. The highest BCUT2D eigenvalue weighted by molar-refractivity contribution is 7.89. The number of carbonyl (C=O) groups excluding carboxylic acids is 2. The topological polar surface area (TPSA) is 122 Å². The fourth-order valence-electron chi connectivity index (χ4n) is 3.15. The minimum absolute atomic E-state index is 0.0192. The number of nitrogens with zero attached hydrogens (tertiary/aromatic N) is 2. The van der Waals surface area contributed by atoms with E-state index in [9.17, 15) is 18.0 Å². The smallest absolute Gasteiger partial charge is 0.242 e. The fraction of sp³-hybridized carbons (Fsp3) is 0.227. The van der Waals surface area contributed by atoms with Gasteiger partial charge in [-0.25, -0.2) is 13.1 Å². The van der Waals surface area contributed by atoms with Crippen LogP contribution in [0.25, 0.3) is 5.69 Å². The second kappa shape index (κ2) is 9.33. The Morgan fingerprint density at radius 3 is 2.25 bits per heavy atom. The number of aryl methyl sites for hydroxylation is 2. The molecule has 0 spiro atoms. The van der Waals surface area contributed by atoms with Gasteiger partial charge in [-0.3, -0.25) is 9.59 Å². The van der Waals surface area contributed by atoms with E-state index in [0.29, 0.717) is 17.1 Å². The average Bonchev–Trinajstić information content (AvgIpc) is 3.05. The van der Waals surface area contributed by atoms with Gasteiger partial charge in [-0.15, -0.1) is 0 Å². The van der Waals surface area contributed by atoms with Gasteiger partial charge < -0.3 is 10.6 Å². The number of carbonyl (C=O) groups is 2.